The highest BCUT2D eigenvalue weighted by atomic mass is 16.6. The fourth-order valence-corrected chi connectivity index (χ4v) is 2.44. The number of benzene rings is 1. The number of nitrogens with zero attached hydrogens (tertiary/aromatic N) is 1. The topological polar surface area (TPSA) is 107 Å². The zero-order valence-corrected chi connectivity index (χ0v) is 12.0. The average molecular weight is 295 g/mol. The second-order valence-electron chi connectivity index (χ2n) is 4.91. The number of carboxylic acid groups (broad SMARTS) is 1. The molecule has 0 radical (unpaired) electrons. The molecule has 1 aromatic rings. The zero-order valence-electron chi connectivity index (χ0n) is 12.0. The van der Waals surface area contributed by atoms with Crippen molar-refractivity contribution in [3.63, 3.8) is 0 Å². The number of carboxylic acids is 1. The molecule has 0 spiro atoms. The average Bonchev–Trinajstić information content (AvgIpc) is 2.46. The molecule has 0 aliphatic heterocycles. The van der Waals surface area contributed by atoms with Crippen LogP contribution >= 0.6 is 0 Å². The summed E-state index contributed by atoms with van der Waals surface area (Å²) < 4.78 is 4.57. The molecule has 0 aliphatic carbocycles. The maximum absolute atomic E-state index is 12.0. The standard InChI is InChI=1S/C14H17NO6/c1-9(15(19)20)11(10-7-5-4-6-8-10)14(2,12(16)17)13(18)21-3/h4-9,11H,1-3H3,(H,16,17). The van der Waals surface area contributed by atoms with Crippen LogP contribution in [0.5, 0.6) is 0 Å². The summed E-state index contributed by atoms with van der Waals surface area (Å²) in [5, 5.41) is 20.6. The van der Waals surface area contributed by atoms with Crippen LogP contribution in [-0.4, -0.2) is 35.1 Å². The summed E-state index contributed by atoms with van der Waals surface area (Å²) >= 11 is 0. The summed E-state index contributed by atoms with van der Waals surface area (Å²) in [6, 6.07) is 6.83. The second-order valence-corrected chi connectivity index (χ2v) is 4.91. The summed E-state index contributed by atoms with van der Waals surface area (Å²) in [6.45, 7) is 2.43. The summed E-state index contributed by atoms with van der Waals surface area (Å²) in [7, 11) is 1.06. The minimum Gasteiger partial charge on any atom is -0.480 e. The first-order chi connectivity index (χ1) is 9.76. The van der Waals surface area contributed by atoms with Gasteiger partial charge in [0, 0.05) is 11.8 Å². The van der Waals surface area contributed by atoms with Gasteiger partial charge in [0.25, 0.3) is 0 Å². The quantitative estimate of drug-likeness (QED) is 0.370. The number of aliphatic carboxylic acids is 1. The first-order valence-corrected chi connectivity index (χ1v) is 6.27. The summed E-state index contributed by atoms with van der Waals surface area (Å²) in [5.74, 6) is -3.63. The van der Waals surface area contributed by atoms with Crippen LogP contribution in [-0.2, 0) is 14.3 Å². The van der Waals surface area contributed by atoms with Gasteiger partial charge in [-0.3, -0.25) is 19.7 Å². The van der Waals surface area contributed by atoms with Crippen LogP contribution in [0.3, 0.4) is 0 Å². The molecule has 7 nitrogen and oxygen atoms in total. The first kappa shape index (κ1) is 16.6. The molecular formula is C14H17NO6. The summed E-state index contributed by atoms with van der Waals surface area (Å²) in [4.78, 5) is 34.2. The van der Waals surface area contributed by atoms with Gasteiger partial charge in [-0.1, -0.05) is 30.3 Å². The predicted molar refractivity (Wildman–Crippen MR) is 73.4 cm³/mol. The highest BCUT2D eigenvalue weighted by Gasteiger charge is 2.55. The Labute approximate surface area is 121 Å². The molecular weight excluding hydrogens is 278 g/mol. The van der Waals surface area contributed by atoms with Gasteiger partial charge in [-0.05, 0) is 12.5 Å². The largest absolute Gasteiger partial charge is 0.480 e. The molecule has 0 aromatic heterocycles. The fourth-order valence-electron chi connectivity index (χ4n) is 2.44. The van der Waals surface area contributed by atoms with Gasteiger partial charge < -0.3 is 9.84 Å². The van der Waals surface area contributed by atoms with Gasteiger partial charge in [0.15, 0.2) is 5.41 Å². The van der Waals surface area contributed by atoms with E-state index in [-0.39, 0.29) is 0 Å². The number of hydrogen-bond acceptors (Lipinski definition) is 5. The molecule has 3 unspecified atom stereocenters. The molecule has 1 N–H and O–H groups in total. The third-order valence-corrected chi connectivity index (χ3v) is 3.65. The van der Waals surface area contributed by atoms with Gasteiger partial charge in [-0.25, -0.2) is 0 Å². The molecule has 21 heavy (non-hydrogen) atoms. The summed E-state index contributed by atoms with van der Waals surface area (Å²) in [5.41, 5.74) is -1.65. The maximum atomic E-state index is 12.0. The van der Waals surface area contributed by atoms with Crippen LogP contribution in [0.15, 0.2) is 30.3 Å². The Kier molecular flexibility index (Phi) is 5.02. The molecule has 0 bridgehead atoms. The molecule has 1 rings (SSSR count). The number of carbonyl (C=O) groups excluding carboxylic acids is 1. The van der Waals surface area contributed by atoms with Crippen LogP contribution in [0, 0.1) is 15.5 Å². The van der Waals surface area contributed by atoms with Crippen molar-refractivity contribution in [3.05, 3.63) is 46.0 Å². The number of hydrogen-bond donors (Lipinski definition) is 1. The normalized spacial score (nSPS) is 16.3. The van der Waals surface area contributed by atoms with Crippen LogP contribution in [0.1, 0.15) is 25.3 Å². The van der Waals surface area contributed by atoms with Crippen molar-refractivity contribution in [1.29, 1.82) is 0 Å². The van der Waals surface area contributed by atoms with E-state index < -0.39 is 34.2 Å². The van der Waals surface area contributed by atoms with Gasteiger partial charge in [0.05, 0.1) is 13.0 Å². The van der Waals surface area contributed by atoms with Crippen molar-refractivity contribution in [1.82, 2.24) is 0 Å². The number of ether oxygens (including phenoxy) is 1. The minimum atomic E-state index is -2.05. The molecule has 0 heterocycles. The molecule has 3 atom stereocenters. The molecule has 0 amide bonds. The Balaban J connectivity index is 3.51. The van der Waals surface area contributed by atoms with Crippen molar-refractivity contribution >= 4 is 11.9 Å². The van der Waals surface area contributed by atoms with Gasteiger partial charge in [-0.2, -0.15) is 0 Å². The van der Waals surface area contributed by atoms with E-state index in [1.54, 1.807) is 30.3 Å². The lowest BCUT2D eigenvalue weighted by atomic mass is 9.70. The van der Waals surface area contributed by atoms with Gasteiger partial charge in [-0.15, -0.1) is 0 Å². The third kappa shape index (κ3) is 3.01. The Hall–Kier alpha value is -2.44. The SMILES string of the molecule is COC(=O)C(C)(C(=O)O)C(c1ccccc1)C(C)[N+](=O)[O-]. The molecule has 7 heteroatoms. The second kappa shape index (κ2) is 6.34. The molecule has 0 saturated carbocycles. The van der Waals surface area contributed by atoms with E-state index in [2.05, 4.69) is 4.74 Å². The zero-order chi connectivity index (χ0) is 16.2. The Morgan fingerprint density at radius 3 is 2.24 bits per heavy atom. The Morgan fingerprint density at radius 2 is 1.86 bits per heavy atom. The van der Waals surface area contributed by atoms with Crippen LogP contribution in [0.4, 0.5) is 0 Å². The third-order valence-electron chi connectivity index (χ3n) is 3.65. The van der Waals surface area contributed by atoms with Crippen LogP contribution in [0.2, 0.25) is 0 Å². The minimum absolute atomic E-state index is 0.400. The highest BCUT2D eigenvalue weighted by Crippen LogP contribution is 2.40. The number of rotatable bonds is 6. The first-order valence-electron chi connectivity index (χ1n) is 6.27. The molecule has 0 saturated heterocycles. The van der Waals surface area contributed by atoms with Crippen molar-refractivity contribution < 1.29 is 24.4 Å². The van der Waals surface area contributed by atoms with E-state index in [1.165, 1.54) is 6.92 Å². The van der Waals surface area contributed by atoms with E-state index in [0.717, 1.165) is 14.0 Å². The van der Waals surface area contributed by atoms with Crippen molar-refractivity contribution in [2.75, 3.05) is 7.11 Å². The Morgan fingerprint density at radius 1 is 1.33 bits per heavy atom. The lowest BCUT2D eigenvalue weighted by Gasteiger charge is -2.32. The predicted octanol–water partition coefficient (Wildman–Crippen LogP) is 1.70. The van der Waals surface area contributed by atoms with Crippen molar-refractivity contribution in [2.45, 2.75) is 25.8 Å². The number of esters is 1. The van der Waals surface area contributed by atoms with E-state index in [9.17, 15) is 24.8 Å². The van der Waals surface area contributed by atoms with E-state index >= 15 is 0 Å². The van der Waals surface area contributed by atoms with Crippen molar-refractivity contribution in [2.24, 2.45) is 5.41 Å². The van der Waals surface area contributed by atoms with Crippen LogP contribution < -0.4 is 0 Å². The number of nitro groups is 1. The smallest absolute Gasteiger partial charge is 0.323 e. The Bertz CT molecular complexity index is 544. The lowest BCUT2D eigenvalue weighted by Crippen LogP contribution is -2.48. The van der Waals surface area contributed by atoms with E-state index in [1.807, 2.05) is 0 Å². The van der Waals surface area contributed by atoms with Crippen molar-refractivity contribution in [3.8, 4) is 0 Å². The van der Waals surface area contributed by atoms with E-state index in [4.69, 9.17) is 0 Å². The van der Waals surface area contributed by atoms with Gasteiger partial charge in [0.2, 0.25) is 6.04 Å². The monoisotopic (exact) mass is 295 g/mol. The van der Waals surface area contributed by atoms with Gasteiger partial charge >= 0.3 is 11.9 Å². The number of carbonyl (C=O) groups is 2. The highest BCUT2D eigenvalue weighted by molar-refractivity contribution is 6.00. The van der Waals surface area contributed by atoms with Gasteiger partial charge in [0.1, 0.15) is 0 Å². The van der Waals surface area contributed by atoms with Crippen LogP contribution in [0.25, 0.3) is 0 Å². The maximum Gasteiger partial charge on any atom is 0.323 e. The number of methoxy groups -OCH3 is 1. The van der Waals surface area contributed by atoms with E-state index in [0.29, 0.717) is 5.56 Å². The summed E-state index contributed by atoms with van der Waals surface area (Å²) in [6.07, 6.45) is 0. The lowest BCUT2D eigenvalue weighted by molar-refractivity contribution is -0.524. The molecule has 114 valence electrons. The molecule has 0 aliphatic rings. The molecule has 1 aromatic carbocycles. The fraction of sp³-hybridized carbons (Fsp3) is 0.429. The molecule has 0 fully saturated rings.